The van der Waals surface area contributed by atoms with Gasteiger partial charge in [0, 0.05) is 12.1 Å². The number of hydrogen-bond donors (Lipinski definition) is 2. The summed E-state index contributed by atoms with van der Waals surface area (Å²) in [5.74, 6) is 0. The van der Waals surface area contributed by atoms with Gasteiger partial charge in [0.1, 0.15) is 5.60 Å². The summed E-state index contributed by atoms with van der Waals surface area (Å²) in [5.41, 5.74) is 5.31. The summed E-state index contributed by atoms with van der Waals surface area (Å²) in [6, 6.07) is 0.426. The summed E-state index contributed by atoms with van der Waals surface area (Å²) < 4.78 is 5.14. The van der Waals surface area contributed by atoms with Crippen LogP contribution in [-0.4, -0.2) is 23.8 Å². The number of rotatable bonds is 1. The third kappa shape index (κ3) is 5.85. The van der Waals surface area contributed by atoms with E-state index in [-0.39, 0.29) is 30.6 Å². The first-order valence-corrected chi connectivity index (χ1v) is 5.12. The normalized spacial score (nSPS) is 25.6. The smallest absolute Gasteiger partial charge is 0.407 e. The Balaban J connectivity index is 0.00000196. The maximum Gasteiger partial charge on any atom is 0.407 e. The second-order valence-electron chi connectivity index (χ2n) is 4.92. The maximum atomic E-state index is 11.3. The van der Waals surface area contributed by atoms with Crippen LogP contribution in [0.2, 0.25) is 0 Å². The van der Waals surface area contributed by atoms with Crippen molar-refractivity contribution in [1.29, 1.82) is 0 Å². The summed E-state index contributed by atoms with van der Waals surface area (Å²) in [7, 11) is 0. The molecule has 1 aliphatic rings. The van der Waals surface area contributed by atoms with Gasteiger partial charge >= 0.3 is 6.09 Å². The van der Waals surface area contributed by atoms with Crippen LogP contribution in [0.15, 0.2) is 0 Å². The minimum atomic E-state index is -0.426. The average molecular weight is 237 g/mol. The van der Waals surface area contributed by atoms with Gasteiger partial charge in [-0.2, -0.15) is 0 Å². The van der Waals surface area contributed by atoms with E-state index >= 15 is 0 Å². The molecule has 2 atom stereocenters. The summed E-state index contributed by atoms with van der Waals surface area (Å²) in [6.45, 7) is 5.56. The van der Waals surface area contributed by atoms with Crippen LogP contribution in [-0.2, 0) is 4.74 Å². The first kappa shape index (κ1) is 14.5. The van der Waals surface area contributed by atoms with Crippen molar-refractivity contribution in [1.82, 2.24) is 5.32 Å². The molecule has 1 amide bonds. The molecule has 5 heteroatoms. The fraction of sp³-hybridized carbons (Fsp3) is 0.900. The van der Waals surface area contributed by atoms with Gasteiger partial charge in [0.25, 0.3) is 0 Å². The predicted octanol–water partition coefficient (Wildman–Crippen LogP) is 1.81. The first-order chi connectivity index (χ1) is 6.37. The molecule has 1 aliphatic carbocycles. The predicted molar refractivity (Wildman–Crippen MR) is 62.2 cm³/mol. The first-order valence-electron chi connectivity index (χ1n) is 5.12. The highest BCUT2D eigenvalue weighted by atomic mass is 35.5. The van der Waals surface area contributed by atoms with E-state index in [1.165, 1.54) is 0 Å². The van der Waals surface area contributed by atoms with Gasteiger partial charge in [-0.3, -0.25) is 0 Å². The van der Waals surface area contributed by atoms with Crippen molar-refractivity contribution in [2.75, 3.05) is 0 Å². The number of carbonyl (C=O) groups is 1. The lowest BCUT2D eigenvalue weighted by atomic mass is 10.2. The van der Waals surface area contributed by atoms with E-state index in [9.17, 15) is 4.79 Å². The Morgan fingerprint density at radius 1 is 1.40 bits per heavy atom. The number of nitrogens with one attached hydrogen (secondary N) is 1. The van der Waals surface area contributed by atoms with Crippen molar-refractivity contribution >= 4 is 18.5 Å². The molecule has 0 radical (unpaired) electrons. The Morgan fingerprint density at radius 2 is 2.00 bits per heavy atom. The summed E-state index contributed by atoms with van der Waals surface area (Å²) in [4.78, 5) is 11.3. The Bertz CT molecular complexity index is 216. The highest BCUT2D eigenvalue weighted by Gasteiger charge is 2.25. The molecule has 0 aromatic heterocycles. The zero-order valence-electron chi connectivity index (χ0n) is 9.58. The molecule has 0 aliphatic heterocycles. The molecule has 1 fully saturated rings. The second kappa shape index (κ2) is 5.56. The molecule has 0 aromatic rings. The van der Waals surface area contributed by atoms with Crippen molar-refractivity contribution in [2.45, 2.75) is 57.7 Å². The minimum Gasteiger partial charge on any atom is -0.444 e. The van der Waals surface area contributed by atoms with Crippen LogP contribution < -0.4 is 11.1 Å². The van der Waals surface area contributed by atoms with E-state index in [0.29, 0.717) is 0 Å². The zero-order chi connectivity index (χ0) is 10.8. The van der Waals surface area contributed by atoms with Crippen molar-refractivity contribution in [3.05, 3.63) is 0 Å². The van der Waals surface area contributed by atoms with Gasteiger partial charge in [-0.15, -0.1) is 12.4 Å². The number of hydrogen-bond acceptors (Lipinski definition) is 3. The Labute approximate surface area is 97.3 Å². The summed E-state index contributed by atoms with van der Waals surface area (Å²) >= 11 is 0. The van der Waals surface area contributed by atoms with Crippen LogP contribution in [0, 0.1) is 0 Å². The third-order valence-electron chi connectivity index (χ3n) is 2.19. The second-order valence-corrected chi connectivity index (χ2v) is 4.92. The van der Waals surface area contributed by atoms with E-state index < -0.39 is 5.60 Å². The highest BCUT2D eigenvalue weighted by Crippen LogP contribution is 2.17. The van der Waals surface area contributed by atoms with Gasteiger partial charge in [-0.1, -0.05) is 0 Å². The molecule has 4 nitrogen and oxygen atoms in total. The quantitative estimate of drug-likeness (QED) is 0.730. The molecule has 2 unspecified atom stereocenters. The van der Waals surface area contributed by atoms with Gasteiger partial charge in [0.05, 0.1) is 0 Å². The molecule has 1 rings (SSSR count). The number of alkyl carbamates (subject to hydrolysis) is 1. The monoisotopic (exact) mass is 236 g/mol. The fourth-order valence-corrected chi connectivity index (χ4v) is 1.62. The highest BCUT2D eigenvalue weighted by molar-refractivity contribution is 5.85. The van der Waals surface area contributed by atoms with E-state index in [4.69, 9.17) is 10.5 Å². The van der Waals surface area contributed by atoms with Crippen molar-refractivity contribution in [3.8, 4) is 0 Å². The van der Waals surface area contributed by atoms with Gasteiger partial charge < -0.3 is 15.8 Å². The summed E-state index contributed by atoms with van der Waals surface area (Å²) in [6.07, 6.45) is 2.47. The number of ether oxygens (including phenoxy) is 1. The number of amides is 1. The SMILES string of the molecule is CC(C)(C)OC(=O)NC1CCC(N)C1.Cl. The maximum absolute atomic E-state index is 11.3. The Kier molecular flexibility index (Phi) is 5.38. The van der Waals surface area contributed by atoms with E-state index in [1.807, 2.05) is 20.8 Å². The molecule has 0 bridgehead atoms. The van der Waals surface area contributed by atoms with Gasteiger partial charge in [-0.05, 0) is 40.0 Å². The van der Waals surface area contributed by atoms with Gasteiger partial charge in [-0.25, -0.2) is 4.79 Å². The van der Waals surface area contributed by atoms with Crippen LogP contribution >= 0.6 is 12.4 Å². The fourth-order valence-electron chi connectivity index (χ4n) is 1.62. The molecule has 3 N–H and O–H groups in total. The molecule has 1 saturated carbocycles. The summed E-state index contributed by atoms with van der Waals surface area (Å²) in [5, 5.41) is 2.82. The lowest BCUT2D eigenvalue weighted by Crippen LogP contribution is -2.38. The molecule has 0 saturated heterocycles. The molecule has 90 valence electrons. The number of halogens is 1. The largest absolute Gasteiger partial charge is 0.444 e. The van der Waals surface area contributed by atoms with E-state index in [0.717, 1.165) is 19.3 Å². The van der Waals surface area contributed by atoms with Crippen LogP contribution in [0.1, 0.15) is 40.0 Å². The van der Waals surface area contributed by atoms with Crippen LogP contribution in [0.3, 0.4) is 0 Å². The van der Waals surface area contributed by atoms with Crippen molar-refractivity contribution in [3.63, 3.8) is 0 Å². The zero-order valence-corrected chi connectivity index (χ0v) is 10.4. The molecule has 0 spiro atoms. The average Bonchev–Trinajstić information content (AvgIpc) is 2.30. The van der Waals surface area contributed by atoms with Gasteiger partial charge in [0.2, 0.25) is 0 Å². The molecular formula is C10H21ClN2O2. The standard InChI is InChI=1S/C10H20N2O2.ClH/c1-10(2,3)14-9(13)12-8-5-4-7(11)6-8;/h7-8H,4-6,11H2,1-3H3,(H,12,13);1H. The molecule has 15 heavy (non-hydrogen) atoms. The van der Waals surface area contributed by atoms with Gasteiger partial charge in [0.15, 0.2) is 0 Å². The Morgan fingerprint density at radius 3 is 2.40 bits per heavy atom. The van der Waals surface area contributed by atoms with Crippen LogP contribution in [0.5, 0.6) is 0 Å². The molecular weight excluding hydrogens is 216 g/mol. The topological polar surface area (TPSA) is 64.3 Å². The van der Waals surface area contributed by atoms with E-state index in [2.05, 4.69) is 5.32 Å². The molecule has 0 heterocycles. The van der Waals surface area contributed by atoms with Crippen molar-refractivity contribution in [2.24, 2.45) is 5.73 Å². The third-order valence-corrected chi connectivity index (χ3v) is 2.19. The lowest BCUT2D eigenvalue weighted by molar-refractivity contribution is 0.0505. The number of nitrogens with two attached hydrogens (primary N) is 1. The Hall–Kier alpha value is -0.480. The lowest BCUT2D eigenvalue weighted by Gasteiger charge is -2.21. The minimum absolute atomic E-state index is 0. The van der Waals surface area contributed by atoms with Crippen LogP contribution in [0.25, 0.3) is 0 Å². The number of carbonyl (C=O) groups excluding carboxylic acids is 1. The van der Waals surface area contributed by atoms with E-state index in [1.54, 1.807) is 0 Å². The van der Waals surface area contributed by atoms with Crippen molar-refractivity contribution < 1.29 is 9.53 Å². The molecule has 0 aromatic carbocycles. The van der Waals surface area contributed by atoms with Crippen LogP contribution in [0.4, 0.5) is 4.79 Å².